The van der Waals surface area contributed by atoms with Crippen LogP contribution in [-0.2, 0) is 16.4 Å². The minimum Gasteiger partial charge on any atom is -0.299 e. The zero-order chi connectivity index (χ0) is 18.3. The van der Waals surface area contributed by atoms with Crippen molar-refractivity contribution < 1.29 is 12.8 Å². The van der Waals surface area contributed by atoms with Crippen LogP contribution in [0.1, 0.15) is 19.4 Å². The van der Waals surface area contributed by atoms with Crippen LogP contribution in [0.2, 0.25) is 0 Å². The minimum absolute atomic E-state index is 0.0487. The maximum Gasteiger partial charge on any atom is 0.240 e. The summed E-state index contributed by atoms with van der Waals surface area (Å²) < 4.78 is 40.6. The van der Waals surface area contributed by atoms with Gasteiger partial charge in [-0.3, -0.25) is 4.90 Å². The normalized spacial score (nSPS) is 13.1. The van der Waals surface area contributed by atoms with Crippen molar-refractivity contribution in [3.63, 3.8) is 0 Å². The number of sulfonamides is 1. The number of benzene rings is 2. The number of hydrogen-bond acceptors (Lipinski definition) is 3. The smallest absolute Gasteiger partial charge is 0.240 e. The number of rotatable bonds is 9. The van der Waals surface area contributed by atoms with Gasteiger partial charge in [0, 0.05) is 12.6 Å². The molecule has 1 atom stereocenters. The Hall–Kier alpha value is -1.76. The Morgan fingerprint density at radius 3 is 2.16 bits per heavy atom. The van der Waals surface area contributed by atoms with Crippen LogP contribution in [0, 0.1) is 5.82 Å². The van der Waals surface area contributed by atoms with Crippen LogP contribution in [0.5, 0.6) is 0 Å². The molecule has 2 aromatic rings. The fraction of sp³-hybridized carbons (Fsp3) is 0.368. The minimum atomic E-state index is -3.66. The predicted molar refractivity (Wildman–Crippen MR) is 98.4 cm³/mol. The Morgan fingerprint density at radius 2 is 1.60 bits per heavy atom. The summed E-state index contributed by atoms with van der Waals surface area (Å²) in [6.07, 6.45) is 0.758. The highest BCUT2D eigenvalue weighted by molar-refractivity contribution is 7.89. The molecule has 0 aliphatic rings. The van der Waals surface area contributed by atoms with Crippen LogP contribution >= 0.6 is 0 Å². The second-order valence-corrected chi connectivity index (χ2v) is 7.64. The first-order valence-corrected chi connectivity index (χ1v) is 9.97. The van der Waals surface area contributed by atoms with E-state index in [0.29, 0.717) is 6.54 Å². The maximum absolute atomic E-state index is 13.0. The van der Waals surface area contributed by atoms with Crippen LogP contribution in [0.15, 0.2) is 59.5 Å². The third kappa shape index (κ3) is 5.63. The van der Waals surface area contributed by atoms with Gasteiger partial charge in [-0.15, -0.1) is 0 Å². The molecule has 0 fully saturated rings. The monoisotopic (exact) mass is 364 g/mol. The van der Waals surface area contributed by atoms with E-state index >= 15 is 0 Å². The molecule has 6 heteroatoms. The summed E-state index contributed by atoms with van der Waals surface area (Å²) in [5, 5.41) is 0. The SMILES string of the molecule is CCN(CC)[C@@H](CNS(=O)(=O)c1ccc(F)cc1)Cc1ccccc1. The molecule has 4 nitrogen and oxygen atoms in total. The highest BCUT2D eigenvalue weighted by Gasteiger charge is 2.21. The van der Waals surface area contributed by atoms with Gasteiger partial charge >= 0.3 is 0 Å². The first-order valence-electron chi connectivity index (χ1n) is 8.49. The fourth-order valence-electron chi connectivity index (χ4n) is 2.86. The summed E-state index contributed by atoms with van der Waals surface area (Å²) in [6, 6.07) is 14.9. The molecule has 0 heterocycles. The molecule has 0 amide bonds. The molecule has 0 saturated carbocycles. The number of halogens is 1. The van der Waals surface area contributed by atoms with E-state index < -0.39 is 15.8 Å². The van der Waals surface area contributed by atoms with Crippen molar-refractivity contribution in [2.45, 2.75) is 31.2 Å². The van der Waals surface area contributed by atoms with Crippen molar-refractivity contribution in [1.82, 2.24) is 9.62 Å². The Balaban J connectivity index is 2.11. The molecule has 2 aromatic carbocycles. The van der Waals surface area contributed by atoms with E-state index in [1.54, 1.807) is 0 Å². The van der Waals surface area contributed by atoms with E-state index in [1.807, 2.05) is 30.3 Å². The Kier molecular flexibility index (Phi) is 7.11. The second-order valence-electron chi connectivity index (χ2n) is 5.87. The molecule has 0 spiro atoms. The van der Waals surface area contributed by atoms with Crippen molar-refractivity contribution in [2.75, 3.05) is 19.6 Å². The van der Waals surface area contributed by atoms with E-state index in [-0.39, 0.29) is 10.9 Å². The molecule has 0 unspecified atom stereocenters. The third-order valence-corrected chi connectivity index (χ3v) is 5.72. The van der Waals surface area contributed by atoms with Gasteiger partial charge in [0.15, 0.2) is 0 Å². The average molecular weight is 364 g/mol. The molecule has 0 aliphatic carbocycles. The fourth-order valence-corrected chi connectivity index (χ4v) is 3.93. The molecule has 136 valence electrons. The van der Waals surface area contributed by atoms with E-state index in [0.717, 1.165) is 31.6 Å². The summed E-state index contributed by atoms with van der Waals surface area (Å²) in [5.41, 5.74) is 1.17. The first-order chi connectivity index (χ1) is 12.0. The van der Waals surface area contributed by atoms with E-state index in [2.05, 4.69) is 23.5 Å². The van der Waals surface area contributed by atoms with Gasteiger partial charge in [-0.2, -0.15) is 0 Å². The van der Waals surface area contributed by atoms with Crippen molar-refractivity contribution in [1.29, 1.82) is 0 Å². The van der Waals surface area contributed by atoms with Gasteiger partial charge in [-0.25, -0.2) is 17.5 Å². The average Bonchev–Trinajstić information content (AvgIpc) is 2.62. The maximum atomic E-state index is 13.0. The molecule has 0 radical (unpaired) electrons. The van der Waals surface area contributed by atoms with Crippen LogP contribution in [0.4, 0.5) is 4.39 Å². The molecule has 25 heavy (non-hydrogen) atoms. The second kappa shape index (κ2) is 9.08. The third-order valence-electron chi connectivity index (χ3n) is 4.28. The largest absolute Gasteiger partial charge is 0.299 e. The zero-order valence-corrected chi connectivity index (χ0v) is 15.5. The lowest BCUT2D eigenvalue weighted by Crippen LogP contribution is -2.45. The number of likely N-dealkylation sites (N-methyl/N-ethyl adjacent to an activating group) is 1. The van der Waals surface area contributed by atoms with Crippen molar-refractivity contribution >= 4 is 10.0 Å². The summed E-state index contributed by atoms with van der Waals surface area (Å²) in [5.74, 6) is -0.455. The van der Waals surface area contributed by atoms with Crippen molar-refractivity contribution in [3.05, 3.63) is 66.0 Å². The Morgan fingerprint density at radius 1 is 1.00 bits per heavy atom. The topological polar surface area (TPSA) is 49.4 Å². The van der Waals surface area contributed by atoms with Gasteiger partial charge in [0.25, 0.3) is 0 Å². The summed E-state index contributed by atoms with van der Waals surface area (Å²) >= 11 is 0. The van der Waals surface area contributed by atoms with Crippen molar-refractivity contribution in [2.24, 2.45) is 0 Å². The van der Waals surface area contributed by atoms with Crippen LogP contribution in [0.3, 0.4) is 0 Å². The number of nitrogens with zero attached hydrogens (tertiary/aromatic N) is 1. The molecular weight excluding hydrogens is 339 g/mol. The molecule has 0 aliphatic heterocycles. The highest BCUT2D eigenvalue weighted by atomic mass is 32.2. The van der Waals surface area contributed by atoms with Gasteiger partial charge < -0.3 is 0 Å². The van der Waals surface area contributed by atoms with Crippen LogP contribution in [0.25, 0.3) is 0 Å². The highest BCUT2D eigenvalue weighted by Crippen LogP contribution is 2.12. The zero-order valence-electron chi connectivity index (χ0n) is 14.7. The number of hydrogen-bond donors (Lipinski definition) is 1. The quantitative estimate of drug-likeness (QED) is 0.744. The van der Waals surface area contributed by atoms with Gasteiger partial charge in [0.05, 0.1) is 4.90 Å². The first kappa shape index (κ1) is 19.6. The predicted octanol–water partition coefficient (Wildman–Crippen LogP) is 3.06. The van der Waals surface area contributed by atoms with E-state index in [9.17, 15) is 12.8 Å². The van der Waals surface area contributed by atoms with Gasteiger partial charge in [0.1, 0.15) is 5.82 Å². The summed E-state index contributed by atoms with van der Waals surface area (Å²) in [7, 11) is -3.66. The van der Waals surface area contributed by atoms with Gasteiger partial charge in [0.2, 0.25) is 10.0 Å². The molecular formula is C19H25FN2O2S. The molecule has 1 N–H and O–H groups in total. The van der Waals surface area contributed by atoms with Crippen LogP contribution < -0.4 is 4.72 Å². The molecule has 2 rings (SSSR count). The summed E-state index contributed by atoms with van der Waals surface area (Å²) in [6.45, 7) is 6.11. The lowest BCUT2D eigenvalue weighted by Gasteiger charge is -2.30. The standard InChI is InChI=1S/C19H25FN2O2S/c1-3-22(4-2)18(14-16-8-6-5-7-9-16)15-21-25(23,24)19-12-10-17(20)11-13-19/h5-13,18,21H,3-4,14-15H2,1-2H3/t18-/m1/s1. The van der Waals surface area contributed by atoms with E-state index in [1.165, 1.54) is 17.7 Å². The van der Waals surface area contributed by atoms with E-state index in [4.69, 9.17) is 0 Å². The lowest BCUT2D eigenvalue weighted by molar-refractivity contribution is 0.216. The molecule has 0 bridgehead atoms. The Bertz CT molecular complexity index is 745. The number of nitrogens with one attached hydrogen (secondary N) is 1. The lowest BCUT2D eigenvalue weighted by atomic mass is 10.0. The van der Waals surface area contributed by atoms with Gasteiger partial charge in [-0.05, 0) is 49.3 Å². The van der Waals surface area contributed by atoms with Crippen LogP contribution in [-0.4, -0.2) is 39.0 Å². The summed E-state index contributed by atoms with van der Waals surface area (Å²) in [4.78, 5) is 2.31. The Labute approximate surface area is 149 Å². The van der Waals surface area contributed by atoms with Gasteiger partial charge in [-0.1, -0.05) is 44.2 Å². The molecule has 0 aromatic heterocycles. The van der Waals surface area contributed by atoms with Crippen molar-refractivity contribution in [3.8, 4) is 0 Å². The molecule has 0 saturated heterocycles.